The van der Waals surface area contributed by atoms with Crippen LogP contribution in [0, 0.1) is 0 Å². The lowest BCUT2D eigenvalue weighted by Gasteiger charge is -2.36. The van der Waals surface area contributed by atoms with Crippen LogP contribution in [0.5, 0.6) is 5.75 Å². The first-order valence-electron chi connectivity index (χ1n) is 9.97. The Morgan fingerprint density at radius 1 is 1.10 bits per heavy atom. The van der Waals surface area contributed by atoms with Gasteiger partial charge in [-0.3, -0.25) is 4.79 Å². The fourth-order valence-electron chi connectivity index (χ4n) is 3.27. The average Bonchev–Trinajstić information content (AvgIpc) is 2.77. The van der Waals surface area contributed by atoms with Crippen molar-refractivity contribution < 1.29 is 9.53 Å². The van der Waals surface area contributed by atoms with E-state index in [2.05, 4.69) is 42.1 Å². The molecule has 1 saturated heterocycles. The Hall–Kier alpha value is -2.87. The summed E-state index contributed by atoms with van der Waals surface area (Å²) in [5.74, 6) is 1.32. The highest BCUT2D eigenvalue weighted by Gasteiger charge is 2.20. The van der Waals surface area contributed by atoms with Gasteiger partial charge in [0.2, 0.25) is 5.95 Å². The molecule has 1 aromatic heterocycles. The molecule has 2 heterocycles. The molecule has 0 radical (unpaired) electrons. The summed E-state index contributed by atoms with van der Waals surface area (Å²) >= 11 is 0. The van der Waals surface area contributed by atoms with Gasteiger partial charge in [0.25, 0.3) is 5.91 Å². The third-order valence-corrected chi connectivity index (χ3v) is 4.94. The van der Waals surface area contributed by atoms with Crippen LogP contribution in [-0.4, -0.2) is 81.2 Å². The van der Waals surface area contributed by atoms with Gasteiger partial charge < -0.3 is 24.8 Å². The third kappa shape index (κ3) is 5.80. The van der Waals surface area contributed by atoms with Crippen LogP contribution in [-0.2, 0) is 0 Å². The van der Waals surface area contributed by atoms with Crippen LogP contribution in [0.2, 0.25) is 0 Å². The molecule has 0 saturated carbocycles. The van der Waals surface area contributed by atoms with Crippen LogP contribution in [0.1, 0.15) is 16.9 Å². The van der Waals surface area contributed by atoms with E-state index in [4.69, 9.17) is 4.74 Å². The zero-order valence-electron chi connectivity index (χ0n) is 17.5. The zero-order valence-corrected chi connectivity index (χ0v) is 17.5. The number of piperazine rings is 1. The summed E-state index contributed by atoms with van der Waals surface area (Å²) in [5, 5.41) is 2.93. The van der Waals surface area contributed by atoms with Gasteiger partial charge in [0, 0.05) is 44.6 Å². The van der Waals surface area contributed by atoms with E-state index in [0.717, 1.165) is 44.9 Å². The highest BCUT2D eigenvalue weighted by atomic mass is 16.5. The van der Waals surface area contributed by atoms with E-state index in [9.17, 15) is 4.79 Å². The maximum absolute atomic E-state index is 12.4. The van der Waals surface area contributed by atoms with Crippen LogP contribution in [0.25, 0.3) is 0 Å². The van der Waals surface area contributed by atoms with E-state index in [0.29, 0.717) is 18.2 Å². The normalized spacial score (nSPS) is 14.2. The molecule has 0 unspecified atom stereocenters. The summed E-state index contributed by atoms with van der Waals surface area (Å²) in [6.45, 7) is 4.93. The largest absolute Gasteiger partial charge is 0.497 e. The Morgan fingerprint density at radius 3 is 2.45 bits per heavy atom. The Morgan fingerprint density at radius 2 is 1.79 bits per heavy atom. The van der Waals surface area contributed by atoms with Gasteiger partial charge in [-0.25, -0.2) is 9.97 Å². The van der Waals surface area contributed by atoms with Crippen molar-refractivity contribution in [2.24, 2.45) is 0 Å². The Labute approximate surface area is 172 Å². The summed E-state index contributed by atoms with van der Waals surface area (Å²) < 4.78 is 5.23. The fourth-order valence-corrected chi connectivity index (χ4v) is 3.27. The Kier molecular flexibility index (Phi) is 7.24. The van der Waals surface area contributed by atoms with Crippen LogP contribution in [0.3, 0.4) is 0 Å². The van der Waals surface area contributed by atoms with Crippen molar-refractivity contribution in [1.82, 2.24) is 20.2 Å². The van der Waals surface area contributed by atoms with E-state index >= 15 is 0 Å². The second-order valence-corrected chi connectivity index (χ2v) is 7.33. The summed E-state index contributed by atoms with van der Waals surface area (Å²) in [6.07, 6.45) is 2.57. The molecule has 3 rings (SSSR count). The number of nitrogens with one attached hydrogen (secondary N) is 1. The van der Waals surface area contributed by atoms with Gasteiger partial charge >= 0.3 is 0 Å². The molecule has 0 aliphatic carbocycles. The second kappa shape index (κ2) is 10.1. The number of carbonyl (C=O) groups excluding carboxylic acids is 1. The van der Waals surface area contributed by atoms with E-state index in [1.165, 1.54) is 5.69 Å². The minimum absolute atomic E-state index is 0.149. The smallest absolute Gasteiger partial charge is 0.270 e. The van der Waals surface area contributed by atoms with Crippen molar-refractivity contribution in [3.05, 3.63) is 42.2 Å². The van der Waals surface area contributed by atoms with Gasteiger partial charge in [-0.1, -0.05) is 0 Å². The molecule has 0 spiro atoms. The average molecular weight is 399 g/mol. The lowest BCUT2D eigenvalue weighted by atomic mass is 10.2. The van der Waals surface area contributed by atoms with E-state index < -0.39 is 0 Å². The molecular weight excluding hydrogens is 368 g/mol. The molecule has 0 bridgehead atoms. The monoisotopic (exact) mass is 398 g/mol. The maximum atomic E-state index is 12.4. The van der Waals surface area contributed by atoms with Crippen molar-refractivity contribution in [3.63, 3.8) is 0 Å². The van der Waals surface area contributed by atoms with Crippen LogP contribution >= 0.6 is 0 Å². The Balaban J connectivity index is 1.54. The SMILES string of the molecule is COc1ccc(N2CCN(c3nccc(C(=O)NCCCN(C)C)n3)CC2)cc1. The minimum Gasteiger partial charge on any atom is -0.497 e. The summed E-state index contributed by atoms with van der Waals surface area (Å²) in [4.78, 5) is 27.8. The number of nitrogens with zero attached hydrogens (tertiary/aromatic N) is 5. The quantitative estimate of drug-likeness (QED) is 0.676. The van der Waals surface area contributed by atoms with E-state index in [1.54, 1.807) is 19.4 Å². The Bertz CT molecular complexity index is 788. The van der Waals surface area contributed by atoms with Crippen molar-refractivity contribution in [2.75, 3.05) is 70.3 Å². The summed E-state index contributed by atoms with van der Waals surface area (Å²) in [5.41, 5.74) is 1.59. The summed E-state index contributed by atoms with van der Waals surface area (Å²) in [7, 11) is 5.71. The molecule has 1 aliphatic rings. The van der Waals surface area contributed by atoms with Crippen molar-refractivity contribution in [3.8, 4) is 5.75 Å². The number of ether oxygens (including phenoxy) is 1. The molecule has 8 nitrogen and oxygen atoms in total. The number of hydrogen-bond acceptors (Lipinski definition) is 7. The van der Waals surface area contributed by atoms with Gasteiger partial charge in [-0.05, 0) is 57.4 Å². The highest BCUT2D eigenvalue weighted by Crippen LogP contribution is 2.21. The summed E-state index contributed by atoms with van der Waals surface area (Å²) in [6, 6.07) is 9.77. The molecule has 1 fully saturated rings. The molecule has 8 heteroatoms. The number of rotatable bonds is 8. The molecule has 1 N–H and O–H groups in total. The first-order chi connectivity index (χ1) is 14.1. The number of amides is 1. The molecule has 2 aromatic rings. The number of hydrogen-bond donors (Lipinski definition) is 1. The molecule has 1 aromatic carbocycles. The second-order valence-electron chi connectivity index (χ2n) is 7.33. The van der Waals surface area contributed by atoms with Gasteiger partial charge in [0.1, 0.15) is 11.4 Å². The first kappa shape index (κ1) is 20.9. The van der Waals surface area contributed by atoms with Crippen LogP contribution in [0.4, 0.5) is 11.6 Å². The van der Waals surface area contributed by atoms with Crippen molar-refractivity contribution in [1.29, 1.82) is 0 Å². The van der Waals surface area contributed by atoms with Gasteiger partial charge in [0.05, 0.1) is 7.11 Å². The molecular formula is C21H30N6O2. The lowest BCUT2D eigenvalue weighted by Crippen LogP contribution is -2.47. The molecule has 1 amide bonds. The van der Waals surface area contributed by atoms with Crippen molar-refractivity contribution >= 4 is 17.5 Å². The lowest BCUT2D eigenvalue weighted by molar-refractivity contribution is 0.0947. The van der Waals surface area contributed by atoms with Gasteiger partial charge in [0.15, 0.2) is 0 Å². The van der Waals surface area contributed by atoms with Crippen LogP contribution in [0.15, 0.2) is 36.5 Å². The topological polar surface area (TPSA) is 73.8 Å². The zero-order chi connectivity index (χ0) is 20.6. The van der Waals surface area contributed by atoms with E-state index in [1.807, 2.05) is 26.2 Å². The number of benzene rings is 1. The number of methoxy groups -OCH3 is 1. The molecule has 156 valence electrons. The predicted octanol–water partition coefficient (Wildman–Crippen LogP) is 1.49. The third-order valence-electron chi connectivity index (χ3n) is 4.94. The number of anilines is 2. The molecule has 0 atom stereocenters. The molecule has 1 aliphatic heterocycles. The molecule has 29 heavy (non-hydrogen) atoms. The number of carbonyl (C=O) groups is 1. The fraction of sp³-hybridized carbons (Fsp3) is 0.476. The van der Waals surface area contributed by atoms with Gasteiger partial charge in [-0.2, -0.15) is 0 Å². The van der Waals surface area contributed by atoms with Gasteiger partial charge in [-0.15, -0.1) is 0 Å². The number of aromatic nitrogens is 2. The van der Waals surface area contributed by atoms with Crippen LogP contribution < -0.4 is 19.9 Å². The first-order valence-corrected chi connectivity index (χ1v) is 9.97. The maximum Gasteiger partial charge on any atom is 0.270 e. The van der Waals surface area contributed by atoms with Crippen molar-refractivity contribution in [2.45, 2.75) is 6.42 Å². The predicted molar refractivity (Wildman–Crippen MR) is 115 cm³/mol. The highest BCUT2D eigenvalue weighted by molar-refractivity contribution is 5.92. The van der Waals surface area contributed by atoms with E-state index in [-0.39, 0.29) is 5.91 Å². The standard InChI is InChI=1S/C21H30N6O2/c1-25(2)12-4-10-22-20(28)19-9-11-23-21(24-19)27-15-13-26(14-16-27)17-5-7-18(29-3)8-6-17/h5-9,11H,4,10,12-16H2,1-3H3,(H,22,28). The minimum atomic E-state index is -0.149.